The minimum Gasteiger partial charge on any atom is -0.315 e. The van der Waals surface area contributed by atoms with E-state index in [2.05, 4.69) is 23.5 Å². The summed E-state index contributed by atoms with van der Waals surface area (Å²) < 4.78 is 4.08. The van der Waals surface area contributed by atoms with Crippen molar-refractivity contribution in [1.82, 2.24) is 14.3 Å². The molecule has 0 bridgehead atoms. The summed E-state index contributed by atoms with van der Waals surface area (Å²) in [5.41, 5.74) is 4.23. The summed E-state index contributed by atoms with van der Waals surface area (Å²) in [6.07, 6.45) is 6.52. The van der Waals surface area contributed by atoms with Crippen LogP contribution in [-0.4, -0.2) is 20.1 Å². The minimum absolute atomic E-state index is 0.279. The first-order valence-electron chi connectivity index (χ1n) is 6.48. The topological polar surface area (TPSA) is 39.8 Å². The lowest BCUT2D eigenvalue weighted by Gasteiger charge is -2.14. The molecule has 0 amide bonds. The van der Waals surface area contributed by atoms with Crippen LogP contribution < -0.4 is 0 Å². The molecule has 0 spiro atoms. The molecule has 0 fully saturated rings. The number of hydrogen-bond donors (Lipinski definition) is 0. The van der Waals surface area contributed by atoms with E-state index >= 15 is 0 Å². The number of aromatic nitrogens is 3. The summed E-state index contributed by atoms with van der Waals surface area (Å²) in [6, 6.07) is 2.01. The molecule has 4 nitrogen and oxygen atoms in total. The van der Waals surface area contributed by atoms with Gasteiger partial charge in [0.2, 0.25) is 0 Å². The first-order chi connectivity index (χ1) is 8.70. The molecule has 0 aromatic carbocycles. The molecular weight excluding hydrogens is 226 g/mol. The van der Waals surface area contributed by atoms with Gasteiger partial charge in [0, 0.05) is 36.1 Å². The SMILES string of the molecule is CCn1cc(-n2c(C)cc3c2CCCC3=O)cn1. The highest BCUT2D eigenvalue weighted by Crippen LogP contribution is 2.27. The zero-order valence-electron chi connectivity index (χ0n) is 10.8. The Morgan fingerprint density at radius 2 is 2.22 bits per heavy atom. The van der Waals surface area contributed by atoms with Crippen molar-refractivity contribution in [1.29, 1.82) is 0 Å². The molecule has 0 radical (unpaired) electrons. The molecule has 18 heavy (non-hydrogen) atoms. The lowest BCUT2D eigenvalue weighted by Crippen LogP contribution is -2.12. The van der Waals surface area contributed by atoms with Crippen molar-refractivity contribution >= 4 is 5.78 Å². The highest BCUT2D eigenvalue weighted by molar-refractivity contribution is 5.98. The fraction of sp³-hybridized carbons (Fsp3) is 0.429. The first kappa shape index (κ1) is 11.3. The number of carbonyl (C=O) groups is 1. The molecule has 2 aromatic rings. The number of hydrogen-bond acceptors (Lipinski definition) is 2. The first-order valence-corrected chi connectivity index (χ1v) is 6.48. The summed E-state index contributed by atoms with van der Waals surface area (Å²) in [4.78, 5) is 11.9. The predicted octanol–water partition coefficient (Wildman–Crippen LogP) is 2.52. The quantitative estimate of drug-likeness (QED) is 0.813. The van der Waals surface area contributed by atoms with E-state index in [1.54, 1.807) is 0 Å². The van der Waals surface area contributed by atoms with Crippen molar-refractivity contribution < 1.29 is 4.79 Å². The Morgan fingerprint density at radius 3 is 2.94 bits per heavy atom. The maximum absolute atomic E-state index is 11.9. The Morgan fingerprint density at radius 1 is 1.39 bits per heavy atom. The number of fused-ring (bicyclic) bond motifs is 1. The fourth-order valence-electron chi connectivity index (χ4n) is 2.73. The van der Waals surface area contributed by atoms with Gasteiger partial charge in [-0.2, -0.15) is 5.10 Å². The van der Waals surface area contributed by atoms with Crippen LogP contribution in [0.1, 0.15) is 41.5 Å². The average molecular weight is 243 g/mol. The van der Waals surface area contributed by atoms with E-state index in [4.69, 9.17) is 0 Å². The van der Waals surface area contributed by atoms with Crippen LogP contribution in [0.5, 0.6) is 0 Å². The van der Waals surface area contributed by atoms with Crippen molar-refractivity contribution in [3.05, 3.63) is 35.4 Å². The van der Waals surface area contributed by atoms with Crippen LogP contribution in [-0.2, 0) is 13.0 Å². The van der Waals surface area contributed by atoms with Gasteiger partial charge in [0.25, 0.3) is 0 Å². The fourth-order valence-corrected chi connectivity index (χ4v) is 2.73. The molecule has 2 heterocycles. The van der Waals surface area contributed by atoms with Crippen LogP contribution in [0.4, 0.5) is 0 Å². The van der Waals surface area contributed by atoms with Gasteiger partial charge in [0.15, 0.2) is 5.78 Å². The Kier molecular flexibility index (Phi) is 2.58. The van der Waals surface area contributed by atoms with Crippen molar-refractivity contribution in [2.24, 2.45) is 0 Å². The standard InChI is InChI=1S/C14H17N3O/c1-3-16-9-11(8-15-16)17-10(2)7-12-13(17)5-4-6-14(12)18/h7-9H,3-6H2,1-2H3. The molecule has 0 atom stereocenters. The maximum atomic E-state index is 11.9. The van der Waals surface area contributed by atoms with E-state index in [-0.39, 0.29) is 5.78 Å². The third-order valence-electron chi connectivity index (χ3n) is 3.61. The molecule has 0 unspecified atom stereocenters. The van der Waals surface area contributed by atoms with Gasteiger partial charge in [-0.05, 0) is 32.8 Å². The summed E-state index contributed by atoms with van der Waals surface area (Å²) in [7, 11) is 0. The Labute approximate surface area is 106 Å². The van der Waals surface area contributed by atoms with E-state index in [0.717, 1.165) is 42.0 Å². The predicted molar refractivity (Wildman–Crippen MR) is 69.2 cm³/mol. The van der Waals surface area contributed by atoms with Crippen LogP contribution in [0.25, 0.3) is 5.69 Å². The monoisotopic (exact) mass is 243 g/mol. The molecule has 2 aromatic heterocycles. The molecule has 0 saturated heterocycles. The number of nitrogens with zero attached hydrogens (tertiary/aromatic N) is 3. The number of Topliss-reactive ketones (excluding diaryl/α,β-unsaturated/α-hetero) is 1. The highest BCUT2D eigenvalue weighted by atomic mass is 16.1. The van der Waals surface area contributed by atoms with Gasteiger partial charge in [0.05, 0.1) is 11.9 Å². The third-order valence-corrected chi connectivity index (χ3v) is 3.61. The van der Waals surface area contributed by atoms with Crippen molar-refractivity contribution in [2.75, 3.05) is 0 Å². The molecule has 1 aliphatic carbocycles. The molecule has 3 rings (SSSR count). The van der Waals surface area contributed by atoms with Gasteiger partial charge in [-0.25, -0.2) is 0 Å². The third kappa shape index (κ3) is 1.60. The second kappa shape index (κ2) is 4.12. The van der Waals surface area contributed by atoms with Gasteiger partial charge in [-0.15, -0.1) is 0 Å². The Bertz CT molecular complexity index is 607. The second-order valence-electron chi connectivity index (χ2n) is 4.81. The largest absolute Gasteiger partial charge is 0.315 e. The Hall–Kier alpha value is -1.84. The molecule has 0 aliphatic heterocycles. The lowest BCUT2D eigenvalue weighted by molar-refractivity contribution is 0.0972. The molecule has 1 aliphatic rings. The summed E-state index contributed by atoms with van der Waals surface area (Å²) in [5.74, 6) is 0.279. The van der Waals surface area contributed by atoms with Crippen LogP contribution in [0.2, 0.25) is 0 Å². The van der Waals surface area contributed by atoms with E-state index < -0.39 is 0 Å². The number of ketones is 1. The molecule has 0 saturated carbocycles. The van der Waals surface area contributed by atoms with Gasteiger partial charge >= 0.3 is 0 Å². The summed E-state index contributed by atoms with van der Waals surface area (Å²) in [6.45, 7) is 4.98. The molecule has 94 valence electrons. The van der Waals surface area contributed by atoms with Crippen LogP contribution in [0.15, 0.2) is 18.5 Å². The van der Waals surface area contributed by atoms with Crippen molar-refractivity contribution in [3.63, 3.8) is 0 Å². The van der Waals surface area contributed by atoms with Crippen LogP contribution in [0, 0.1) is 6.92 Å². The van der Waals surface area contributed by atoms with Crippen LogP contribution in [0.3, 0.4) is 0 Å². The van der Waals surface area contributed by atoms with Crippen LogP contribution >= 0.6 is 0 Å². The van der Waals surface area contributed by atoms with E-state index in [1.807, 2.05) is 23.1 Å². The van der Waals surface area contributed by atoms with E-state index in [1.165, 1.54) is 0 Å². The minimum atomic E-state index is 0.279. The van der Waals surface area contributed by atoms with E-state index in [0.29, 0.717) is 6.42 Å². The molecule has 4 heteroatoms. The second-order valence-corrected chi connectivity index (χ2v) is 4.81. The van der Waals surface area contributed by atoms with Gasteiger partial charge in [-0.1, -0.05) is 0 Å². The molecular formula is C14H17N3O. The van der Waals surface area contributed by atoms with Crippen molar-refractivity contribution in [3.8, 4) is 5.69 Å². The zero-order chi connectivity index (χ0) is 12.7. The smallest absolute Gasteiger partial charge is 0.164 e. The van der Waals surface area contributed by atoms with Gasteiger partial charge in [-0.3, -0.25) is 9.48 Å². The number of rotatable bonds is 2. The van der Waals surface area contributed by atoms with Gasteiger partial charge in [0.1, 0.15) is 0 Å². The normalized spacial score (nSPS) is 14.9. The Balaban J connectivity index is 2.14. The number of carbonyl (C=O) groups excluding carboxylic acids is 1. The van der Waals surface area contributed by atoms with E-state index in [9.17, 15) is 4.79 Å². The summed E-state index contributed by atoms with van der Waals surface area (Å²) in [5, 5.41) is 4.31. The molecule has 0 N–H and O–H groups in total. The average Bonchev–Trinajstić information content (AvgIpc) is 2.93. The summed E-state index contributed by atoms with van der Waals surface area (Å²) >= 11 is 0. The van der Waals surface area contributed by atoms with Crippen molar-refractivity contribution in [2.45, 2.75) is 39.7 Å². The number of aryl methyl sites for hydroxylation is 2. The lowest BCUT2D eigenvalue weighted by atomic mass is 9.96. The van der Waals surface area contributed by atoms with Gasteiger partial charge < -0.3 is 4.57 Å². The zero-order valence-corrected chi connectivity index (χ0v) is 10.8. The maximum Gasteiger partial charge on any atom is 0.164 e. The highest BCUT2D eigenvalue weighted by Gasteiger charge is 2.23.